The Kier molecular flexibility index (Phi) is 7.92. The van der Waals surface area contributed by atoms with Gasteiger partial charge in [0.25, 0.3) is 5.91 Å². The molecule has 1 aliphatic rings. The fourth-order valence-electron chi connectivity index (χ4n) is 3.00. The standard InChI is InChI=1S/C20H29F2N5O2/c1-4-20(3)17(28)27(19(29)26-20)12-6-10-24-18(23-5-2)25-11-9-14-13-15(21)7-8-16(14)22/h7-8,13H,4-6,9-12H2,1-3H3,(H,26,29)(H2,23,24,25). The predicted octanol–water partition coefficient (Wildman–Crippen LogP) is 2.17. The fraction of sp³-hybridized carbons (Fsp3) is 0.550. The molecule has 1 atom stereocenters. The summed E-state index contributed by atoms with van der Waals surface area (Å²) in [4.78, 5) is 30.0. The molecular formula is C20H29F2N5O2. The largest absolute Gasteiger partial charge is 0.357 e. The van der Waals surface area contributed by atoms with Crippen molar-refractivity contribution in [1.29, 1.82) is 0 Å². The van der Waals surface area contributed by atoms with Gasteiger partial charge in [-0.25, -0.2) is 13.6 Å². The van der Waals surface area contributed by atoms with Crippen molar-refractivity contribution in [3.05, 3.63) is 35.4 Å². The van der Waals surface area contributed by atoms with Gasteiger partial charge in [-0.15, -0.1) is 0 Å². The zero-order valence-corrected chi connectivity index (χ0v) is 17.1. The Balaban J connectivity index is 1.82. The lowest BCUT2D eigenvalue weighted by Gasteiger charge is -2.19. The molecule has 1 aromatic rings. The number of rotatable bonds is 9. The third-order valence-electron chi connectivity index (χ3n) is 4.90. The maximum Gasteiger partial charge on any atom is 0.325 e. The summed E-state index contributed by atoms with van der Waals surface area (Å²) >= 11 is 0. The summed E-state index contributed by atoms with van der Waals surface area (Å²) in [5.74, 6) is -0.583. The summed E-state index contributed by atoms with van der Waals surface area (Å²) in [5.41, 5.74) is -0.533. The number of guanidine groups is 1. The second kappa shape index (κ2) is 10.2. The topological polar surface area (TPSA) is 85.8 Å². The number of hydrogen-bond donors (Lipinski definition) is 3. The molecule has 1 aliphatic heterocycles. The normalized spacial score (nSPS) is 19.5. The average Bonchev–Trinajstić information content (AvgIpc) is 2.91. The molecule has 1 fully saturated rings. The number of aliphatic imine (C=N–C) groups is 1. The Morgan fingerprint density at radius 2 is 2.00 bits per heavy atom. The summed E-state index contributed by atoms with van der Waals surface area (Å²) in [6.07, 6.45) is 1.37. The first-order valence-corrected chi connectivity index (χ1v) is 9.91. The Hall–Kier alpha value is -2.71. The van der Waals surface area contributed by atoms with Crippen LogP contribution in [0, 0.1) is 11.6 Å². The number of hydrogen-bond acceptors (Lipinski definition) is 3. The summed E-state index contributed by atoms with van der Waals surface area (Å²) in [6, 6.07) is 3.02. The number of urea groups is 1. The van der Waals surface area contributed by atoms with Crippen molar-refractivity contribution in [1.82, 2.24) is 20.9 Å². The van der Waals surface area contributed by atoms with Crippen molar-refractivity contribution < 1.29 is 18.4 Å². The molecule has 0 spiro atoms. The lowest BCUT2D eigenvalue weighted by atomic mass is 9.99. The molecule has 1 unspecified atom stereocenters. The van der Waals surface area contributed by atoms with Crippen LogP contribution < -0.4 is 16.0 Å². The Morgan fingerprint density at radius 1 is 1.24 bits per heavy atom. The molecular weight excluding hydrogens is 380 g/mol. The van der Waals surface area contributed by atoms with Gasteiger partial charge >= 0.3 is 6.03 Å². The molecule has 2 rings (SSSR count). The highest BCUT2D eigenvalue weighted by Crippen LogP contribution is 2.20. The molecule has 0 bridgehead atoms. The minimum absolute atomic E-state index is 0.212. The van der Waals surface area contributed by atoms with Crippen LogP contribution in [0.1, 0.15) is 39.2 Å². The van der Waals surface area contributed by atoms with Gasteiger partial charge in [0.2, 0.25) is 0 Å². The zero-order chi connectivity index (χ0) is 21.4. The van der Waals surface area contributed by atoms with Crippen LogP contribution in [0.4, 0.5) is 13.6 Å². The number of carbonyl (C=O) groups excluding carboxylic acids is 2. The lowest BCUT2D eigenvalue weighted by molar-refractivity contribution is -0.130. The van der Waals surface area contributed by atoms with Gasteiger partial charge in [-0.2, -0.15) is 0 Å². The monoisotopic (exact) mass is 409 g/mol. The highest BCUT2D eigenvalue weighted by atomic mass is 19.1. The fourth-order valence-corrected chi connectivity index (χ4v) is 3.00. The maximum atomic E-state index is 13.7. The van der Waals surface area contributed by atoms with Gasteiger partial charge in [0.1, 0.15) is 17.2 Å². The number of nitrogens with zero attached hydrogens (tertiary/aromatic N) is 2. The first-order valence-electron chi connectivity index (χ1n) is 9.91. The SMILES string of the molecule is CCNC(=NCCCN1C(=O)NC(C)(CC)C1=O)NCCc1cc(F)ccc1F. The third-order valence-corrected chi connectivity index (χ3v) is 4.90. The lowest BCUT2D eigenvalue weighted by Crippen LogP contribution is -2.43. The molecule has 0 aromatic heterocycles. The van der Waals surface area contributed by atoms with Crippen molar-refractivity contribution in [2.24, 2.45) is 4.99 Å². The van der Waals surface area contributed by atoms with Gasteiger partial charge in [0, 0.05) is 26.2 Å². The molecule has 1 heterocycles. The number of nitrogens with one attached hydrogen (secondary N) is 3. The van der Waals surface area contributed by atoms with Gasteiger partial charge in [-0.05, 0) is 56.9 Å². The van der Waals surface area contributed by atoms with E-state index in [-0.39, 0.29) is 18.5 Å². The van der Waals surface area contributed by atoms with E-state index in [0.29, 0.717) is 50.4 Å². The minimum Gasteiger partial charge on any atom is -0.357 e. The number of imide groups is 1. The van der Waals surface area contributed by atoms with E-state index in [2.05, 4.69) is 20.9 Å². The smallest absolute Gasteiger partial charge is 0.325 e. The van der Waals surface area contributed by atoms with Gasteiger partial charge in [0.15, 0.2) is 5.96 Å². The zero-order valence-electron chi connectivity index (χ0n) is 17.1. The molecule has 3 N–H and O–H groups in total. The minimum atomic E-state index is -0.830. The highest BCUT2D eigenvalue weighted by molar-refractivity contribution is 6.06. The molecule has 29 heavy (non-hydrogen) atoms. The third kappa shape index (κ3) is 5.88. The first kappa shape index (κ1) is 22.6. The Morgan fingerprint density at radius 3 is 2.66 bits per heavy atom. The molecule has 1 saturated heterocycles. The van der Waals surface area contributed by atoms with Crippen LogP contribution in [-0.4, -0.2) is 54.5 Å². The van der Waals surface area contributed by atoms with Crippen molar-refractivity contribution in [2.45, 2.75) is 45.6 Å². The number of halogens is 2. The summed E-state index contributed by atoms with van der Waals surface area (Å²) in [6.45, 7) is 7.22. The highest BCUT2D eigenvalue weighted by Gasteiger charge is 2.45. The maximum absolute atomic E-state index is 13.7. The van der Waals surface area contributed by atoms with E-state index in [1.165, 1.54) is 11.0 Å². The van der Waals surface area contributed by atoms with E-state index in [0.717, 1.165) is 12.1 Å². The van der Waals surface area contributed by atoms with Crippen molar-refractivity contribution in [2.75, 3.05) is 26.2 Å². The van der Waals surface area contributed by atoms with E-state index in [4.69, 9.17) is 0 Å². The van der Waals surface area contributed by atoms with Crippen molar-refractivity contribution >= 4 is 17.9 Å². The van der Waals surface area contributed by atoms with Gasteiger partial charge in [0.05, 0.1) is 0 Å². The molecule has 3 amide bonds. The van der Waals surface area contributed by atoms with Crippen molar-refractivity contribution in [3.63, 3.8) is 0 Å². The number of amides is 3. The second-order valence-corrected chi connectivity index (χ2v) is 7.10. The molecule has 0 radical (unpaired) electrons. The number of carbonyl (C=O) groups is 2. The van der Waals surface area contributed by atoms with Crippen LogP contribution in [0.25, 0.3) is 0 Å². The van der Waals surface area contributed by atoms with Crippen LogP contribution >= 0.6 is 0 Å². The molecule has 7 nitrogen and oxygen atoms in total. The Bertz CT molecular complexity index is 771. The van der Waals surface area contributed by atoms with Crippen molar-refractivity contribution in [3.8, 4) is 0 Å². The Labute approximate surface area is 169 Å². The molecule has 0 aliphatic carbocycles. The quantitative estimate of drug-likeness (QED) is 0.253. The van der Waals surface area contributed by atoms with Crippen LogP contribution in [0.15, 0.2) is 23.2 Å². The first-order chi connectivity index (χ1) is 13.8. The van der Waals surface area contributed by atoms with E-state index < -0.39 is 17.2 Å². The summed E-state index contributed by atoms with van der Waals surface area (Å²) in [5, 5.41) is 8.87. The molecule has 160 valence electrons. The van der Waals surface area contributed by atoms with Crippen LogP contribution in [0.5, 0.6) is 0 Å². The van der Waals surface area contributed by atoms with Gasteiger partial charge in [-0.1, -0.05) is 6.92 Å². The van der Waals surface area contributed by atoms with Crippen LogP contribution in [0.2, 0.25) is 0 Å². The molecule has 0 saturated carbocycles. The van der Waals surface area contributed by atoms with E-state index >= 15 is 0 Å². The van der Waals surface area contributed by atoms with Crippen LogP contribution in [-0.2, 0) is 11.2 Å². The predicted molar refractivity (Wildman–Crippen MR) is 108 cm³/mol. The average molecular weight is 409 g/mol. The number of benzene rings is 1. The summed E-state index contributed by atoms with van der Waals surface area (Å²) < 4.78 is 26.9. The second-order valence-electron chi connectivity index (χ2n) is 7.10. The van der Waals surface area contributed by atoms with Gasteiger partial charge < -0.3 is 16.0 Å². The summed E-state index contributed by atoms with van der Waals surface area (Å²) in [7, 11) is 0. The van der Waals surface area contributed by atoms with E-state index in [1.807, 2.05) is 13.8 Å². The van der Waals surface area contributed by atoms with Crippen LogP contribution in [0.3, 0.4) is 0 Å². The van der Waals surface area contributed by atoms with Gasteiger partial charge in [-0.3, -0.25) is 14.7 Å². The molecule has 9 heteroatoms. The molecule has 1 aromatic carbocycles. The van der Waals surface area contributed by atoms with E-state index in [1.54, 1.807) is 6.92 Å². The van der Waals surface area contributed by atoms with E-state index in [9.17, 15) is 18.4 Å².